The van der Waals surface area contributed by atoms with Gasteiger partial charge >= 0.3 is 0 Å². The number of thiocarbonyl (C=S) groups is 1. The van der Waals surface area contributed by atoms with Crippen LogP contribution in [0, 0.1) is 6.92 Å². The fourth-order valence-corrected chi connectivity index (χ4v) is 3.85. The highest BCUT2D eigenvalue weighted by molar-refractivity contribution is 8.15. The molecule has 2 aromatic carbocycles. The molecule has 0 aromatic heterocycles. The summed E-state index contributed by atoms with van der Waals surface area (Å²) in [5, 5.41) is 4.47. The number of rotatable bonds is 4. The average molecular weight is 399 g/mol. The molecule has 6 nitrogen and oxygen atoms in total. The monoisotopic (exact) mass is 399 g/mol. The molecule has 0 aliphatic carbocycles. The van der Waals surface area contributed by atoms with Gasteiger partial charge in [-0.3, -0.25) is 14.4 Å². The summed E-state index contributed by atoms with van der Waals surface area (Å²) in [5.41, 5.74) is 2.32. The van der Waals surface area contributed by atoms with Gasteiger partial charge in [-0.15, -0.1) is 0 Å². The Morgan fingerprint density at radius 2 is 1.89 bits per heavy atom. The summed E-state index contributed by atoms with van der Waals surface area (Å²) in [7, 11) is 0. The van der Waals surface area contributed by atoms with Crippen LogP contribution in [0.25, 0.3) is 0 Å². The molecular formula is C19H17N3O3S2. The Morgan fingerprint density at radius 3 is 2.59 bits per heavy atom. The second-order valence-electron chi connectivity index (χ2n) is 5.96. The number of thioether (sulfide) groups is 1. The van der Waals surface area contributed by atoms with Crippen LogP contribution in [0.3, 0.4) is 0 Å². The molecular weight excluding hydrogens is 382 g/mol. The van der Waals surface area contributed by atoms with Gasteiger partial charge < -0.3 is 10.6 Å². The third-order valence-corrected chi connectivity index (χ3v) is 5.08. The maximum absolute atomic E-state index is 12.5. The van der Waals surface area contributed by atoms with Gasteiger partial charge in [0, 0.05) is 12.1 Å². The topological polar surface area (TPSA) is 78.5 Å². The van der Waals surface area contributed by atoms with Crippen LogP contribution in [-0.4, -0.2) is 27.4 Å². The molecule has 0 spiro atoms. The number of hydrogen-bond donors (Lipinski definition) is 2. The molecule has 3 rings (SSSR count). The molecule has 2 aromatic rings. The number of anilines is 2. The van der Waals surface area contributed by atoms with Gasteiger partial charge in [-0.05, 0) is 60.7 Å². The zero-order valence-electron chi connectivity index (χ0n) is 14.5. The predicted molar refractivity (Wildman–Crippen MR) is 111 cm³/mol. The minimum Gasteiger partial charge on any atom is -0.332 e. The first-order chi connectivity index (χ1) is 12.9. The van der Waals surface area contributed by atoms with Crippen molar-refractivity contribution in [2.45, 2.75) is 18.6 Å². The molecule has 0 saturated carbocycles. The summed E-state index contributed by atoms with van der Waals surface area (Å²) in [5.74, 6) is -0.822. The van der Waals surface area contributed by atoms with E-state index in [-0.39, 0.29) is 16.8 Å². The average Bonchev–Trinajstić information content (AvgIpc) is 2.89. The predicted octanol–water partition coefficient (Wildman–Crippen LogP) is 3.47. The lowest BCUT2D eigenvalue weighted by Crippen LogP contribution is -2.38. The van der Waals surface area contributed by atoms with E-state index in [1.807, 2.05) is 31.2 Å². The van der Waals surface area contributed by atoms with Gasteiger partial charge in [0.05, 0.1) is 5.69 Å². The molecule has 0 unspecified atom stereocenters. The van der Waals surface area contributed by atoms with E-state index >= 15 is 0 Å². The lowest BCUT2D eigenvalue weighted by Gasteiger charge is -2.14. The van der Waals surface area contributed by atoms with Crippen LogP contribution in [0.4, 0.5) is 16.2 Å². The molecule has 27 heavy (non-hydrogen) atoms. The number of para-hydroxylation sites is 1. The minimum absolute atomic E-state index is 0.131. The van der Waals surface area contributed by atoms with E-state index < -0.39 is 17.1 Å². The molecule has 0 radical (unpaired) electrons. The number of carbonyl (C=O) groups is 3. The molecule has 1 heterocycles. The molecule has 1 aliphatic rings. The number of hydrogen-bond acceptors (Lipinski definition) is 5. The van der Waals surface area contributed by atoms with Crippen molar-refractivity contribution in [1.82, 2.24) is 5.32 Å². The van der Waals surface area contributed by atoms with Gasteiger partial charge in [-0.2, -0.15) is 0 Å². The third-order valence-electron chi connectivity index (χ3n) is 3.84. The summed E-state index contributed by atoms with van der Waals surface area (Å²) in [6.45, 7) is 1.95. The molecule has 1 aliphatic heterocycles. The second kappa shape index (κ2) is 8.32. The first-order valence-corrected chi connectivity index (χ1v) is 9.50. The van der Waals surface area contributed by atoms with Crippen molar-refractivity contribution in [2.75, 3.05) is 10.2 Å². The van der Waals surface area contributed by atoms with Crippen LogP contribution < -0.4 is 15.5 Å². The SMILES string of the molecule is Cc1cccc(NC(=S)NC(=O)C[C@@H]2SC(=O)N(c3ccccc3)C2=O)c1. The molecule has 1 atom stereocenters. The van der Waals surface area contributed by atoms with Crippen molar-refractivity contribution in [1.29, 1.82) is 0 Å². The summed E-state index contributed by atoms with van der Waals surface area (Å²) < 4.78 is 0. The molecule has 8 heteroatoms. The van der Waals surface area contributed by atoms with Crippen LogP contribution in [-0.2, 0) is 9.59 Å². The highest BCUT2D eigenvalue weighted by Crippen LogP contribution is 2.33. The van der Waals surface area contributed by atoms with Crippen LogP contribution in [0.1, 0.15) is 12.0 Å². The number of carbonyl (C=O) groups excluding carboxylic acids is 3. The lowest BCUT2D eigenvalue weighted by atomic mass is 10.2. The van der Waals surface area contributed by atoms with Gasteiger partial charge in [0.1, 0.15) is 5.25 Å². The standard InChI is InChI=1S/C19H17N3O3S2/c1-12-6-5-7-13(10-12)20-18(26)21-16(23)11-15-17(24)22(19(25)27-15)14-8-3-2-4-9-14/h2-10,15H,11H2,1H3,(H2,20,21,23,26)/t15-/m0/s1. The van der Waals surface area contributed by atoms with Gasteiger partial charge in [0.25, 0.3) is 5.24 Å². The first kappa shape index (κ1) is 19.1. The van der Waals surface area contributed by atoms with E-state index in [4.69, 9.17) is 12.2 Å². The van der Waals surface area contributed by atoms with Gasteiger partial charge in [0.15, 0.2) is 5.11 Å². The van der Waals surface area contributed by atoms with Crippen molar-refractivity contribution in [3.05, 3.63) is 60.2 Å². The quantitative estimate of drug-likeness (QED) is 0.767. The van der Waals surface area contributed by atoms with Crippen molar-refractivity contribution in [3.8, 4) is 0 Å². The first-order valence-electron chi connectivity index (χ1n) is 8.21. The number of amides is 3. The number of imide groups is 1. The largest absolute Gasteiger partial charge is 0.332 e. The summed E-state index contributed by atoms with van der Waals surface area (Å²) in [4.78, 5) is 38.0. The normalized spacial score (nSPS) is 16.3. The van der Waals surface area contributed by atoms with E-state index in [9.17, 15) is 14.4 Å². The summed E-state index contributed by atoms with van der Waals surface area (Å²) in [6.07, 6.45) is -0.131. The number of nitrogens with one attached hydrogen (secondary N) is 2. The molecule has 1 saturated heterocycles. The zero-order valence-corrected chi connectivity index (χ0v) is 16.1. The molecule has 1 fully saturated rings. The third kappa shape index (κ3) is 4.72. The Bertz CT molecular complexity index is 902. The van der Waals surface area contributed by atoms with Gasteiger partial charge in [-0.25, -0.2) is 4.90 Å². The number of benzene rings is 2. The van der Waals surface area contributed by atoms with Crippen LogP contribution in [0.5, 0.6) is 0 Å². The van der Waals surface area contributed by atoms with Crippen LogP contribution >= 0.6 is 24.0 Å². The van der Waals surface area contributed by atoms with Crippen molar-refractivity contribution >= 4 is 57.5 Å². The van der Waals surface area contributed by atoms with Gasteiger partial charge in [0.2, 0.25) is 11.8 Å². The Balaban J connectivity index is 1.57. The molecule has 0 bridgehead atoms. The van der Waals surface area contributed by atoms with Crippen molar-refractivity contribution in [2.24, 2.45) is 0 Å². The smallest absolute Gasteiger partial charge is 0.293 e. The Morgan fingerprint density at radius 1 is 1.15 bits per heavy atom. The second-order valence-corrected chi connectivity index (χ2v) is 7.52. The molecule has 2 N–H and O–H groups in total. The van der Waals surface area contributed by atoms with E-state index in [1.54, 1.807) is 30.3 Å². The molecule has 3 amide bonds. The maximum atomic E-state index is 12.5. The minimum atomic E-state index is -0.764. The highest BCUT2D eigenvalue weighted by Gasteiger charge is 2.41. The number of aryl methyl sites for hydroxylation is 1. The fourth-order valence-electron chi connectivity index (χ4n) is 2.63. The summed E-state index contributed by atoms with van der Waals surface area (Å²) in [6, 6.07) is 16.2. The van der Waals surface area contributed by atoms with Crippen molar-refractivity contribution in [3.63, 3.8) is 0 Å². The van der Waals surface area contributed by atoms with Crippen LogP contribution in [0.2, 0.25) is 0 Å². The lowest BCUT2D eigenvalue weighted by molar-refractivity contribution is -0.123. The van der Waals surface area contributed by atoms with E-state index in [0.29, 0.717) is 5.69 Å². The Hall–Kier alpha value is -2.71. The maximum Gasteiger partial charge on any atom is 0.293 e. The Kier molecular flexibility index (Phi) is 5.88. The van der Waals surface area contributed by atoms with E-state index in [2.05, 4.69) is 10.6 Å². The summed E-state index contributed by atoms with van der Waals surface area (Å²) >= 11 is 5.99. The van der Waals surface area contributed by atoms with Crippen molar-refractivity contribution < 1.29 is 14.4 Å². The van der Waals surface area contributed by atoms with E-state index in [0.717, 1.165) is 27.9 Å². The Labute approximate surface area is 166 Å². The number of nitrogens with zero attached hydrogens (tertiary/aromatic N) is 1. The van der Waals surface area contributed by atoms with Crippen LogP contribution in [0.15, 0.2) is 54.6 Å². The highest BCUT2D eigenvalue weighted by atomic mass is 32.2. The van der Waals surface area contributed by atoms with Gasteiger partial charge in [-0.1, -0.05) is 30.3 Å². The zero-order chi connectivity index (χ0) is 19.4. The van der Waals surface area contributed by atoms with E-state index in [1.165, 1.54) is 0 Å². The fraction of sp³-hybridized carbons (Fsp3) is 0.158. The molecule has 138 valence electrons.